The minimum absolute atomic E-state index is 0.0344. The Morgan fingerprint density at radius 1 is 0.436 bits per heavy atom. The summed E-state index contributed by atoms with van der Waals surface area (Å²) in [5.74, 6) is -1.77. The molecule has 0 amide bonds. The first-order chi connectivity index (χ1) is 57.0. The number of benzene rings is 9. The second-order valence-electron chi connectivity index (χ2n) is 29.3. The average molecular weight is 1630 g/mol. The molecule has 1 saturated heterocycles. The van der Waals surface area contributed by atoms with Crippen LogP contribution in [0.4, 0.5) is 13.2 Å². The van der Waals surface area contributed by atoms with E-state index in [2.05, 4.69) is 0 Å². The van der Waals surface area contributed by atoms with Crippen molar-refractivity contribution in [2.45, 2.75) is 230 Å². The molecular weight excluding hydrogens is 1520 g/mol. The molecule has 18 nitrogen and oxygen atoms in total. The fourth-order valence-corrected chi connectivity index (χ4v) is 14.5. The Labute approximate surface area is 686 Å². The van der Waals surface area contributed by atoms with Gasteiger partial charge in [0.1, 0.15) is 61.2 Å². The molecule has 1 aliphatic heterocycles. The predicted octanol–water partition coefficient (Wildman–Crippen LogP) is 19.6. The monoisotopic (exact) mass is 1630 g/mol. The number of carbonyl (C=O) groups excluding carboxylic acids is 3. The molecule has 1 fully saturated rings. The SMILES string of the molecule is CC(=O)O[C@H](C(=O)O[C@H](C)CCCCCCCCCCCCCCCc1cccc(OCc2ccccc2)c1C(=O)OCc1ccccc1)[C@@H](OCc1ccccc1)[C@H](OCc1ccccc1)[C@@H](COCc1ccccc1)O[C@@H]1O[C@H](COCc2ccccc2)[C@@H](OCc2ccccc2)[C@H](OCc2ccccc2)[C@H]1OS(=O)(=O)C(F)(F)F. The van der Waals surface area contributed by atoms with Gasteiger partial charge in [-0.1, -0.05) is 325 Å². The highest BCUT2D eigenvalue weighted by Crippen LogP contribution is 2.38. The normalized spacial score (nSPS) is 16.9. The Morgan fingerprint density at radius 2 is 0.846 bits per heavy atom. The number of carbonyl (C=O) groups is 3. The predicted molar refractivity (Wildman–Crippen MR) is 438 cm³/mol. The van der Waals surface area contributed by atoms with Gasteiger partial charge in [0, 0.05) is 6.92 Å². The van der Waals surface area contributed by atoms with Crippen molar-refractivity contribution >= 4 is 28.0 Å². The Kier molecular flexibility index (Phi) is 37.7. The van der Waals surface area contributed by atoms with E-state index in [0.29, 0.717) is 58.6 Å². The maximum absolute atomic E-state index is 15.3. The Morgan fingerprint density at radius 3 is 1.32 bits per heavy atom. The highest BCUT2D eigenvalue weighted by Gasteiger charge is 2.57. The fourth-order valence-electron chi connectivity index (χ4n) is 13.9. The van der Waals surface area contributed by atoms with Crippen molar-refractivity contribution in [1.82, 2.24) is 0 Å². The van der Waals surface area contributed by atoms with Gasteiger partial charge in [-0.3, -0.25) is 8.98 Å². The van der Waals surface area contributed by atoms with Gasteiger partial charge in [0.25, 0.3) is 0 Å². The lowest BCUT2D eigenvalue weighted by molar-refractivity contribution is -0.335. The van der Waals surface area contributed by atoms with E-state index in [1.807, 2.05) is 133 Å². The number of esters is 3. The maximum Gasteiger partial charge on any atom is 0.523 e. The summed E-state index contributed by atoms with van der Waals surface area (Å²) >= 11 is 0. The lowest BCUT2D eigenvalue weighted by atomic mass is 9.97. The molecule has 10 rings (SSSR count). The molecule has 0 aliphatic carbocycles. The summed E-state index contributed by atoms with van der Waals surface area (Å²) in [4.78, 5) is 42.6. The molecule has 0 saturated carbocycles. The standard InChI is InChI=1S/C95H109F3O18S/c1-71(41-22-12-10-8-6-4-3-5-7-9-11-13-39-58-81-59-40-60-82(106-63-75-46-27-16-28-47-75)85(81)92(100)111-68-80-56-37-21-38-57-80)112-93(101)90(113-72(2)99)88(109-66-78-52-33-19-34-53-78)86(107-64-76-48-29-17-30-49-76)83(69-104-61-73-42-23-14-24-43-73)114-94-91(116-117(102,103)95(96,97)98)89(110-67-79-54-35-20-36-55-79)87(108-65-77-50-31-18-32-51-77)84(115-94)70-105-62-74-44-25-15-26-45-74/h14-21,23-38,40,42-57,59-60,71,83-84,86-91,94H,3-13,22,39,41,58,61-70H2,1-2H3/t71-,83-,84-,86-,87-,88+,89+,90+,91-,94-/m1/s1. The van der Waals surface area contributed by atoms with E-state index in [1.165, 1.54) is 0 Å². The summed E-state index contributed by atoms with van der Waals surface area (Å²) < 4.78 is 157. The van der Waals surface area contributed by atoms with Crippen LogP contribution in [0.2, 0.25) is 0 Å². The zero-order valence-corrected chi connectivity index (χ0v) is 67.5. The van der Waals surface area contributed by atoms with E-state index in [4.69, 9.17) is 61.0 Å². The number of halogens is 3. The third-order valence-corrected chi connectivity index (χ3v) is 21.0. The zero-order chi connectivity index (χ0) is 82.1. The van der Waals surface area contributed by atoms with Crippen LogP contribution < -0.4 is 4.74 Å². The Hall–Kier alpha value is -9.43. The molecule has 0 aromatic heterocycles. The van der Waals surface area contributed by atoms with Crippen molar-refractivity contribution in [2.75, 3.05) is 13.2 Å². The lowest BCUT2D eigenvalue weighted by Crippen LogP contribution is -2.64. The second-order valence-corrected chi connectivity index (χ2v) is 30.8. The van der Waals surface area contributed by atoms with Crippen LogP contribution in [0, 0.1) is 0 Å². The molecule has 0 unspecified atom stereocenters. The second kappa shape index (κ2) is 49.1. The number of alkyl halides is 3. The highest BCUT2D eigenvalue weighted by atomic mass is 32.2. The van der Waals surface area contributed by atoms with Gasteiger partial charge in [-0.25, -0.2) is 9.59 Å². The summed E-state index contributed by atoms with van der Waals surface area (Å²) in [5.41, 5.74) is 1.25. The van der Waals surface area contributed by atoms with Crippen LogP contribution in [0.15, 0.2) is 261 Å². The first kappa shape index (κ1) is 89.9. The van der Waals surface area contributed by atoms with Gasteiger partial charge in [0.05, 0.1) is 59.0 Å². The van der Waals surface area contributed by atoms with Gasteiger partial charge in [0.15, 0.2) is 12.4 Å². The number of unbranched alkanes of at least 4 members (excludes halogenated alkanes) is 12. The number of hydrogen-bond donors (Lipinski definition) is 0. The van der Waals surface area contributed by atoms with Crippen LogP contribution in [0.3, 0.4) is 0 Å². The molecule has 0 N–H and O–H groups in total. The zero-order valence-electron chi connectivity index (χ0n) is 66.7. The Bertz CT molecular complexity index is 4390. The van der Waals surface area contributed by atoms with Gasteiger partial charge < -0.3 is 56.8 Å². The van der Waals surface area contributed by atoms with Crippen molar-refractivity contribution in [3.8, 4) is 5.75 Å². The summed E-state index contributed by atoms with van der Waals surface area (Å²) in [6.45, 7) is 1.58. The molecule has 0 spiro atoms. The largest absolute Gasteiger partial charge is 0.523 e. The van der Waals surface area contributed by atoms with Crippen LogP contribution in [0.1, 0.15) is 164 Å². The summed E-state index contributed by atoms with van der Waals surface area (Å²) in [5, 5.41) is 0. The molecule has 10 atom stereocenters. The maximum atomic E-state index is 15.3. The molecule has 0 bridgehead atoms. The molecule has 624 valence electrons. The van der Waals surface area contributed by atoms with Crippen molar-refractivity contribution in [2.24, 2.45) is 0 Å². The van der Waals surface area contributed by atoms with E-state index in [9.17, 15) is 18.0 Å². The minimum atomic E-state index is -6.55. The van der Waals surface area contributed by atoms with Crippen LogP contribution in [-0.4, -0.2) is 106 Å². The van der Waals surface area contributed by atoms with E-state index in [-0.39, 0.29) is 52.9 Å². The number of ether oxygens (including phenoxy) is 12. The van der Waals surface area contributed by atoms with Gasteiger partial charge in [-0.15, -0.1) is 0 Å². The molecular formula is C95H109F3O18S. The fraction of sp³-hybridized carbons (Fsp3) is 0.400. The first-order valence-electron chi connectivity index (χ1n) is 40.6. The van der Waals surface area contributed by atoms with E-state index < -0.39 is 101 Å². The molecule has 1 aliphatic rings. The van der Waals surface area contributed by atoms with Crippen LogP contribution in [-0.2, 0) is 135 Å². The van der Waals surface area contributed by atoms with E-state index >= 15 is 18.0 Å². The van der Waals surface area contributed by atoms with E-state index in [0.717, 1.165) is 113 Å². The van der Waals surface area contributed by atoms with Gasteiger partial charge >= 0.3 is 33.5 Å². The van der Waals surface area contributed by atoms with Crippen LogP contribution in [0.25, 0.3) is 0 Å². The average Bonchev–Trinajstić information content (AvgIpc) is 0.766. The van der Waals surface area contributed by atoms with Crippen molar-refractivity contribution in [3.63, 3.8) is 0 Å². The van der Waals surface area contributed by atoms with Gasteiger partial charge in [0.2, 0.25) is 6.10 Å². The van der Waals surface area contributed by atoms with E-state index in [1.54, 1.807) is 134 Å². The third kappa shape index (κ3) is 30.8. The number of aryl methyl sites for hydroxylation is 1. The smallest absolute Gasteiger partial charge is 0.488 e. The topological polar surface area (TPSA) is 205 Å². The number of rotatable bonds is 52. The molecule has 9 aromatic carbocycles. The number of hydrogen-bond acceptors (Lipinski definition) is 18. The van der Waals surface area contributed by atoms with Crippen molar-refractivity contribution in [3.05, 3.63) is 316 Å². The van der Waals surface area contributed by atoms with Crippen LogP contribution >= 0.6 is 0 Å². The third-order valence-electron chi connectivity index (χ3n) is 20.0. The van der Waals surface area contributed by atoms with Crippen molar-refractivity contribution < 1.29 is 97.0 Å². The van der Waals surface area contributed by atoms with Gasteiger partial charge in [-0.2, -0.15) is 21.6 Å². The molecule has 117 heavy (non-hydrogen) atoms. The quantitative estimate of drug-likeness (QED) is 0.0114. The summed E-state index contributed by atoms with van der Waals surface area (Å²) in [6, 6.07) is 79.1. The lowest BCUT2D eigenvalue weighted by Gasteiger charge is -2.47. The molecule has 22 heteroatoms. The minimum Gasteiger partial charge on any atom is -0.488 e. The molecule has 1 heterocycles. The molecule has 0 radical (unpaired) electrons. The summed E-state index contributed by atoms with van der Waals surface area (Å²) in [6.07, 6.45) is -2.04. The molecule has 9 aromatic rings. The van der Waals surface area contributed by atoms with Gasteiger partial charge in [-0.05, 0) is 88.7 Å². The summed E-state index contributed by atoms with van der Waals surface area (Å²) in [7, 11) is -6.55. The van der Waals surface area contributed by atoms with Crippen LogP contribution in [0.5, 0.6) is 5.75 Å². The Balaban J connectivity index is 0.825. The first-order valence-corrected chi connectivity index (χ1v) is 42.0. The van der Waals surface area contributed by atoms with Crippen molar-refractivity contribution in [1.29, 1.82) is 0 Å². The highest BCUT2D eigenvalue weighted by molar-refractivity contribution is 7.87.